The molecule has 0 N–H and O–H groups in total. The Morgan fingerprint density at radius 1 is 1.04 bits per heavy atom. The Labute approximate surface area is 151 Å². The second-order valence-electron chi connectivity index (χ2n) is 5.91. The lowest BCUT2D eigenvalue weighted by molar-refractivity contribution is 0.0742. The molecule has 0 aliphatic carbocycles. The van der Waals surface area contributed by atoms with Crippen LogP contribution in [0.25, 0.3) is 0 Å². The second kappa shape index (κ2) is 7.49. The van der Waals surface area contributed by atoms with Crippen molar-refractivity contribution < 1.29 is 17.4 Å². The summed E-state index contributed by atoms with van der Waals surface area (Å²) in [7, 11) is -2.63. The van der Waals surface area contributed by atoms with E-state index in [4.69, 9.17) is 0 Å². The van der Waals surface area contributed by atoms with Gasteiger partial charge in [0.2, 0.25) is 0 Å². The van der Waals surface area contributed by atoms with E-state index in [0.29, 0.717) is 10.5 Å². The van der Waals surface area contributed by atoms with E-state index in [1.165, 1.54) is 0 Å². The van der Waals surface area contributed by atoms with Gasteiger partial charge in [0.15, 0.2) is 9.84 Å². The molecule has 0 radical (unpaired) electrons. The van der Waals surface area contributed by atoms with Gasteiger partial charge in [-0.05, 0) is 48.9 Å². The van der Waals surface area contributed by atoms with E-state index in [1.54, 1.807) is 66.7 Å². The van der Waals surface area contributed by atoms with Crippen molar-refractivity contribution in [3.63, 3.8) is 0 Å². The summed E-state index contributed by atoms with van der Waals surface area (Å²) in [6, 6.07) is 13.0. The zero-order valence-corrected chi connectivity index (χ0v) is 16.2. The van der Waals surface area contributed by atoms with E-state index in [1.807, 2.05) is 6.92 Å². The third-order valence-electron chi connectivity index (χ3n) is 4.13. The van der Waals surface area contributed by atoms with Crippen molar-refractivity contribution in [2.45, 2.75) is 22.8 Å². The minimum atomic E-state index is -3.24. The predicted molar refractivity (Wildman–Crippen MR) is 98.8 cm³/mol. The van der Waals surface area contributed by atoms with Gasteiger partial charge < -0.3 is 4.90 Å². The van der Waals surface area contributed by atoms with Gasteiger partial charge >= 0.3 is 0 Å². The van der Waals surface area contributed by atoms with Crippen molar-refractivity contribution in [2.75, 3.05) is 19.6 Å². The Hall–Kier alpha value is -1.99. The van der Waals surface area contributed by atoms with Crippen LogP contribution in [0.3, 0.4) is 0 Å². The first kappa shape index (κ1) is 19.3. The highest BCUT2D eigenvalue weighted by molar-refractivity contribution is 7.90. The van der Waals surface area contributed by atoms with Gasteiger partial charge in [-0.1, -0.05) is 12.1 Å². The van der Waals surface area contributed by atoms with Crippen molar-refractivity contribution in [2.24, 2.45) is 0 Å². The van der Waals surface area contributed by atoms with Gasteiger partial charge in [0.25, 0.3) is 5.91 Å². The molecule has 2 unspecified atom stereocenters. The highest BCUT2D eigenvalue weighted by atomic mass is 32.2. The fourth-order valence-electron chi connectivity index (χ4n) is 2.39. The van der Waals surface area contributed by atoms with Crippen LogP contribution in [-0.2, 0) is 20.6 Å². The van der Waals surface area contributed by atoms with Crippen LogP contribution in [0.15, 0.2) is 58.3 Å². The standard InChI is InChI=1S/C18H21NO4S2/c1-13(14-7-11-17(12-8-14)25(4,22)23)19(2)18(20)15-5-9-16(10-6-15)24(3)21/h5-13H,1-4H3. The molecule has 0 saturated carbocycles. The van der Waals surface area contributed by atoms with Crippen molar-refractivity contribution in [3.05, 3.63) is 59.7 Å². The molecule has 25 heavy (non-hydrogen) atoms. The van der Waals surface area contributed by atoms with E-state index in [-0.39, 0.29) is 16.8 Å². The zero-order valence-electron chi connectivity index (χ0n) is 14.6. The molecule has 0 saturated heterocycles. The van der Waals surface area contributed by atoms with Crippen LogP contribution >= 0.6 is 0 Å². The Kier molecular flexibility index (Phi) is 5.80. The monoisotopic (exact) mass is 379 g/mol. The fraction of sp³-hybridized carbons (Fsp3) is 0.278. The lowest BCUT2D eigenvalue weighted by Crippen LogP contribution is -2.29. The van der Waals surface area contributed by atoms with E-state index in [2.05, 4.69) is 0 Å². The van der Waals surface area contributed by atoms with Gasteiger partial charge in [-0.15, -0.1) is 0 Å². The van der Waals surface area contributed by atoms with Gasteiger partial charge in [0.1, 0.15) is 0 Å². The van der Waals surface area contributed by atoms with Crippen molar-refractivity contribution in [1.82, 2.24) is 4.90 Å². The summed E-state index contributed by atoms with van der Waals surface area (Å²) in [6.07, 6.45) is 2.75. The Bertz CT molecular complexity index is 888. The molecule has 0 spiro atoms. The first-order valence-corrected chi connectivity index (χ1v) is 11.1. The third kappa shape index (κ3) is 4.55. The summed E-state index contributed by atoms with van der Waals surface area (Å²) < 4.78 is 34.5. The number of nitrogens with zero attached hydrogens (tertiary/aromatic N) is 1. The summed E-state index contributed by atoms with van der Waals surface area (Å²) in [5.74, 6) is -0.159. The molecule has 0 fully saturated rings. The molecular formula is C18H21NO4S2. The normalized spacial score (nSPS) is 13.9. The van der Waals surface area contributed by atoms with Crippen LogP contribution in [0.1, 0.15) is 28.9 Å². The smallest absolute Gasteiger partial charge is 0.254 e. The van der Waals surface area contributed by atoms with Crippen molar-refractivity contribution in [1.29, 1.82) is 0 Å². The minimum absolute atomic E-state index is 0.159. The molecule has 0 heterocycles. The summed E-state index contributed by atoms with van der Waals surface area (Å²) in [6.45, 7) is 1.88. The molecule has 2 rings (SSSR count). The second-order valence-corrected chi connectivity index (χ2v) is 9.31. The molecule has 134 valence electrons. The van der Waals surface area contributed by atoms with Crippen LogP contribution in [0.2, 0.25) is 0 Å². The average Bonchev–Trinajstić information content (AvgIpc) is 2.59. The maximum Gasteiger partial charge on any atom is 0.254 e. The molecule has 5 nitrogen and oxygen atoms in total. The maximum absolute atomic E-state index is 12.6. The summed E-state index contributed by atoms with van der Waals surface area (Å²) in [5, 5.41) is 0. The van der Waals surface area contributed by atoms with Crippen molar-refractivity contribution >= 4 is 26.5 Å². The summed E-state index contributed by atoms with van der Waals surface area (Å²) in [4.78, 5) is 15.1. The van der Waals surface area contributed by atoms with E-state index < -0.39 is 20.6 Å². The molecule has 0 bridgehead atoms. The number of rotatable bonds is 5. The number of sulfone groups is 1. The molecular weight excluding hydrogens is 358 g/mol. The fourth-order valence-corrected chi connectivity index (χ4v) is 3.54. The topological polar surface area (TPSA) is 71.5 Å². The molecule has 2 aromatic carbocycles. The van der Waals surface area contributed by atoms with Crippen LogP contribution in [-0.4, -0.2) is 43.0 Å². The van der Waals surface area contributed by atoms with Gasteiger partial charge in [-0.2, -0.15) is 0 Å². The Morgan fingerprint density at radius 3 is 2.00 bits per heavy atom. The first-order valence-electron chi connectivity index (χ1n) is 7.62. The average molecular weight is 380 g/mol. The number of benzene rings is 2. The zero-order chi connectivity index (χ0) is 18.8. The van der Waals surface area contributed by atoms with Gasteiger partial charge in [-0.3, -0.25) is 9.00 Å². The molecule has 0 aromatic heterocycles. The molecule has 0 aliphatic rings. The van der Waals surface area contributed by atoms with Gasteiger partial charge in [-0.25, -0.2) is 8.42 Å². The van der Waals surface area contributed by atoms with E-state index in [0.717, 1.165) is 11.8 Å². The van der Waals surface area contributed by atoms with Crippen LogP contribution < -0.4 is 0 Å². The summed E-state index contributed by atoms with van der Waals surface area (Å²) in [5.41, 5.74) is 1.35. The number of hydrogen-bond acceptors (Lipinski definition) is 4. The van der Waals surface area contributed by atoms with Crippen molar-refractivity contribution in [3.8, 4) is 0 Å². The predicted octanol–water partition coefficient (Wildman–Crippen LogP) is 2.66. The maximum atomic E-state index is 12.6. The lowest BCUT2D eigenvalue weighted by Gasteiger charge is -2.25. The molecule has 2 aromatic rings. The van der Waals surface area contributed by atoms with Crippen LogP contribution in [0.5, 0.6) is 0 Å². The SMILES string of the molecule is CC(c1ccc(S(C)(=O)=O)cc1)N(C)C(=O)c1ccc(S(C)=O)cc1. The first-order chi connectivity index (χ1) is 11.6. The van der Waals surface area contributed by atoms with E-state index in [9.17, 15) is 17.4 Å². The van der Waals surface area contributed by atoms with Gasteiger partial charge in [0, 0.05) is 40.8 Å². The van der Waals surface area contributed by atoms with Gasteiger partial charge in [0.05, 0.1) is 10.9 Å². The largest absolute Gasteiger partial charge is 0.335 e. The molecule has 7 heteroatoms. The minimum Gasteiger partial charge on any atom is -0.335 e. The van der Waals surface area contributed by atoms with Crippen LogP contribution in [0, 0.1) is 0 Å². The number of carbonyl (C=O) groups is 1. The van der Waals surface area contributed by atoms with E-state index >= 15 is 0 Å². The lowest BCUT2D eigenvalue weighted by atomic mass is 10.1. The number of hydrogen-bond donors (Lipinski definition) is 0. The van der Waals surface area contributed by atoms with Crippen LogP contribution in [0.4, 0.5) is 0 Å². The molecule has 2 atom stereocenters. The Morgan fingerprint density at radius 2 is 1.56 bits per heavy atom. The number of amides is 1. The summed E-state index contributed by atoms with van der Waals surface area (Å²) >= 11 is 0. The highest BCUT2D eigenvalue weighted by Crippen LogP contribution is 2.22. The third-order valence-corrected chi connectivity index (χ3v) is 6.19. The molecule has 0 aliphatic heterocycles. The molecule has 1 amide bonds. The quantitative estimate of drug-likeness (QED) is 0.801. The highest BCUT2D eigenvalue weighted by Gasteiger charge is 2.19. The Balaban J connectivity index is 2.19. The number of carbonyl (C=O) groups excluding carboxylic acids is 1.